The number of carbonyl (C=O) groups is 2. The van der Waals surface area contributed by atoms with Crippen LogP contribution < -0.4 is 5.32 Å². The number of nitrogens with one attached hydrogen (secondary N) is 1. The van der Waals surface area contributed by atoms with Gasteiger partial charge >= 0.3 is 0 Å². The highest BCUT2D eigenvalue weighted by Crippen LogP contribution is 2.24. The molecule has 0 aliphatic rings. The summed E-state index contributed by atoms with van der Waals surface area (Å²) in [7, 11) is 1.38. The molecular weight excluding hydrogens is 369 g/mol. The lowest BCUT2D eigenvalue weighted by Crippen LogP contribution is -2.35. The third-order valence-electron chi connectivity index (χ3n) is 3.24. The lowest BCUT2D eigenvalue weighted by molar-refractivity contribution is -0.385. The van der Waals surface area contributed by atoms with Gasteiger partial charge in [0.25, 0.3) is 11.6 Å². The molecule has 0 bridgehead atoms. The van der Waals surface area contributed by atoms with Crippen molar-refractivity contribution in [2.45, 2.75) is 0 Å². The van der Waals surface area contributed by atoms with Crippen LogP contribution in [0.15, 0.2) is 42.5 Å². The molecule has 0 saturated heterocycles. The van der Waals surface area contributed by atoms with Gasteiger partial charge in [-0.05, 0) is 36.4 Å². The largest absolute Gasteiger partial charge is 0.332 e. The zero-order valence-corrected chi connectivity index (χ0v) is 14.5. The molecule has 2 aromatic carbocycles. The van der Waals surface area contributed by atoms with E-state index in [1.165, 1.54) is 19.2 Å². The minimum atomic E-state index is -0.694. The molecule has 0 fully saturated rings. The molecule has 7 nitrogen and oxygen atoms in total. The Labute approximate surface area is 153 Å². The normalized spacial score (nSPS) is 10.2. The Bertz CT molecular complexity index is 825. The van der Waals surface area contributed by atoms with Crippen molar-refractivity contribution in [1.82, 2.24) is 4.90 Å². The van der Waals surface area contributed by atoms with Gasteiger partial charge in [0, 0.05) is 28.8 Å². The fourth-order valence-corrected chi connectivity index (χ4v) is 2.36. The van der Waals surface area contributed by atoms with Gasteiger partial charge in [0.05, 0.1) is 11.5 Å². The number of nitro benzene ring substituents is 1. The van der Waals surface area contributed by atoms with Gasteiger partial charge in [0.1, 0.15) is 5.56 Å². The van der Waals surface area contributed by atoms with Crippen molar-refractivity contribution in [3.63, 3.8) is 0 Å². The van der Waals surface area contributed by atoms with Gasteiger partial charge in [0.15, 0.2) is 0 Å². The highest BCUT2D eigenvalue weighted by molar-refractivity contribution is 6.31. The van der Waals surface area contributed by atoms with E-state index in [2.05, 4.69) is 5.32 Å². The molecule has 0 saturated carbocycles. The molecule has 9 heteroatoms. The summed E-state index contributed by atoms with van der Waals surface area (Å²) in [6.45, 7) is -0.277. The predicted octanol–water partition coefficient (Wildman–Crippen LogP) is 3.61. The standard InChI is InChI=1S/C16H13Cl2N3O4/c1-20(9-15(22)19-12-5-2-10(17)3-6-12)16(23)13-7-4-11(18)8-14(13)21(24)25/h2-8H,9H2,1H3,(H,19,22). The van der Waals surface area contributed by atoms with Gasteiger partial charge in [-0.1, -0.05) is 23.2 Å². The van der Waals surface area contributed by atoms with Gasteiger partial charge in [-0.3, -0.25) is 19.7 Å². The van der Waals surface area contributed by atoms with Crippen LogP contribution in [-0.4, -0.2) is 35.2 Å². The van der Waals surface area contributed by atoms with Crippen molar-refractivity contribution >= 4 is 46.4 Å². The zero-order valence-electron chi connectivity index (χ0n) is 13.0. The Kier molecular flexibility index (Phi) is 5.95. The molecule has 2 aromatic rings. The predicted molar refractivity (Wildman–Crippen MR) is 95.1 cm³/mol. The van der Waals surface area contributed by atoms with Crippen LogP contribution in [0.3, 0.4) is 0 Å². The second-order valence-corrected chi connectivity index (χ2v) is 6.01. The first-order valence-corrected chi connectivity index (χ1v) is 7.78. The van der Waals surface area contributed by atoms with E-state index in [1.807, 2.05) is 0 Å². The smallest absolute Gasteiger partial charge is 0.283 e. The number of hydrogen-bond donors (Lipinski definition) is 1. The second kappa shape index (κ2) is 7.96. The molecule has 0 unspecified atom stereocenters. The molecule has 2 amide bonds. The van der Waals surface area contributed by atoms with E-state index in [4.69, 9.17) is 23.2 Å². The maximum atomic E-state index is 12.4. The number of carbonyl (C=O) groups excluding carboxylic acids is 2. The van der Waals surface area contributed by atoms with Crippen molar-refractivity contribution in [1.29, 1.82) is 0 Å². The van der Waals surface area contributed by atoms with Gasteiger partial charge in [-0.15, -0.1) is 0 Å². The Balaban J connectivity index is 2.08. The van der Waals surface area contributed by atoms with Crippen molar-refractivity contribution < 1.29 is 14.5 Å². The average molecular weight is 382 g/mol. The summed E-state index contributed by atoms with van der Waals surface area (Å²) in [6.07, 6.45) is 0. The molecule has 25 heavy (non-hydrogen) atoms. The second-order valence-electron chi connectivity index (χ2n) is 5.13. The number of nitrogens with zero attached hydrogens (tertiary/aromatic N) is 2. The first kappa shape index (κ1) is 18.7. The Morgan fingerprint density at radius 3 is 2.32 bits per heavy atom. The molecule has 130 valence electrons. The number of nitro groups is 1. The van der Waals surface area contributed by atoms with Crippen LogP contribution in [0.1, 0.15) is 10.4 Å². The summed E-state index contributed by atoms with van der Waals surface area (Å²) in [6, 6.07) is 10.2. The lowest BCUT2D eigenvalue weighted by Gasteiger charge is -2.17. The number of benzene rings is 2. The van der Waals surface area contributed by atoms with E-state index in [-0.39, 0.29) is 17.1 Å². The quantitative estimate of drug-likeness (QED) is 0.632. The Morgan fingerprint density at radius 2 is 1.72 bits per heavy atom. The van der Waals surface area contributed by atoms with Crippen LogP contribution in [0.4, 0.5) is 11.4 Å². The highest BCUT2D eigenvalue weighted by Gasteiger charge is 2.24. The summed E-state index contributed by atoms with van der Waals surface area (Å²) in [4.78, 5) is 35.9. The number of rotatable bonds is 5. The first-order valence-electron chi connectivity index (χ1n) is 7.02. The highest BCUT2D eigenvalue weighted by atomic mass is 35.5. The molecule has 0 spiro atoms. The number of likely N-dealkylation sites (N-methyl/N-ethyl adjacent to an activating group) is 1. The molecule has 0 heterocycles. The van der Waals surface area contributed by atoms with E-state index < -0.39 is 22.4 Å². The fourth-order valence-electron chi connectivity index (χ4n) is 2.06. The topological polar surface area (TPSA) is 92.6 Å². The summed E-state index contributed by atoms with van der Waals surface area (Å²) in [5.41, 5.74) is -0.0358. The molecule has 0 aromatic heterocycles. The van der Waals surface area contributed by atoms with Crippen LogP contribution in [0.25, 0.3) is 0 Å². The summed E-state index contributed by atoms with van der Waals surface area (Å²) in [5, 5.41) is 14.4. The van der Waals surface area contributed by atoms with E-state index in [0.717, 1.165) is 11.0 Å². The number of amides is 2. The van der Waals surface area contributed by atoms with Crippen molar-refractivity contribution in [2.75, 3.05) is 18.9 Å². The third kappa shape index (κ3) is 4.91. The van der Waals surface area contributed by atoms with Gasteiger partial charge in [0.2, 0.25) is 5.91 Å². The summed E-state index contributed by atoms with van der Waals surface area (Å²) in [5.74, 6) is -1.11. The molecule has 0 atom stereocenters. The molecule has 2 rings (SSSR count). The monoisotopic (exact) mass is 381 g/mol. The number of hydrogen-bond acceptors (Lipinski definition) is 4. The molecule has 0 radical (unpaired) electrons. The van der Waals surface area contributed by atoms with E-state index >= 15 is 0 Å². The zero-order chi connectivity index (χ0) is 18.6. The molecule has 0 aliphatic heterocycles. The average Bonchev–Trinajstić information content (AvgIpc) is 2.56. The SMILES string of the molecule is CN(CC(=O)Nc1ccc(Cl)cc1)C(=O)c1ccc(Cl)cc1[N+](=O)[O-]. The summed E-state index contributed by atoms with van der Waals surface area (Å²) < 4.78 is 0. The first-order chi connectivity index (χ1) is 11.8. The van der Waals surface area contributed by atoms with Crippen LogP contribution >= 0.6 is 23.2 Å². The minimum absolute atomic E-state index is 0.142. The Hall–Kier alpha value is -2.64. The van der Waals surface area contributed by atoms with E-state index in [9.17, 15) is 19.7 Å². The number of anilines is 1. The lowest BCUT2D eigenvalue weighted by atomic mass is 10.1. The van der Waals surface area contributed by atoms with Gasteiger partial charge in [-0.2, -0.15) is 0 Å². The summed E-state index contributed by atoms with van der Waals surface area (Å²) >= 11 is 11.5. The van der Waals surface area contributed by atoms with Crippen molar-refractivity contribution in [3.05, 3.63) is 68.2 Å². The molecule has 0 aliphatic carbocycles. The van der Waals surface area contributed by atoms with Gasteiger partial charge in [-0.25, -0.2) is 0 Å². The maximum Gasteiger partial charge on any atom is 0.283 e. The molecule has 1 N–H and O–H groups in total. The molecular formula is C16H13Cl2N3O4. The van der Waals surface area contributed by atoms with E-state index in [1.54, 1.807) is 24.3 Å². The van der Waals surface area contributed by atoms with Crippen LogP contribution in [-0.2, 0) is 4.79 Å². The van der Waals surface area contributed by atoms with Crippen LogP contribution in [0.5, 0.6) is 0 Å². The van der Waals surface area contributed by atoms with Crippen molar-refractivity contribution in [2.24, 2.45) is 0 Å². The Morgan fingerprint density at radius 1 is 1.12 bits per heavy atom. The maximum absolute atomic E-state index is 12.4. The fraction of sp³-hybridized carbons (Fsp3) is 0.125. The van der Waals surface area contributed by atoms with E-state index in [0.29, 0.717) is 10.7 Å². The van der Waals surface area contributed by atoms with Gasteiger partial charge < -0.3 is 10.2 Å². The van der Waals surface area contributed by atoms with Crippen LogP contribution in [0, 0.1) is 10.1 Å². The van der Waals surface area contributed by atoms with Crippen molar-refractivity contribution in [3.8, 4) is 0 Å². The number of halogens is 2. The minimum Gasteiger partial charge on any atom is -0.332 e. The van der Waals surface area contributed by atoms with Crippen LogP contribution in [0.2, 0.25) is 10.0 Å². The third-order valence-corrected chi connectivity index (χ3v) is 3.73.